The molecule has 58 valence electrons. The number of amides is 1. The van der Waals surface area contributed by atoms with E-state index in [-0.39, 0.29) is 18.9 Å². The van der Waals surface area contributed by atoms with Crippen LogP contribution in [0.4, 0.5) is 0 Å². The lowest BCUT2D eigenvalue weighted by atomic mass is 9.96. The van der Waals surface area contributed by atoms with E-state index >= 15 is 0 Å². The number of aliphatic hydroxyl groups is 1. The Balaban J connectivity index is 2.57. The third-order valence-corrected chi connectivity index (χ3v) is 1.66. The second-order valence-corrected chi connectivity index (χ2v) is 2.95. The first-order valence-corrected chi connectivity index (χ1v) is 3.23. The van der Waals surface area contributed by atoms with Crippen LogP contribution in [0.3, 0.4) is 0 Å². The molecule has 1 rings (SSSR count). The van der Waals surface area contributed by atoms with Crippen LogP contribution in [0, 0.1) is 0 Å². The van der Waals surface area contributed by atoms with Crippen LogP contribution in [0.1, 0.15) is 19.8 Å². The molecule has 1 atom stereocenters. The molecule has 2 N–H and O–H groups in total. The number of hydrogen-bond acceptors (Lipinski definition) is 3. The van der Waals surface area contributed by atoms with E-state index in [9.17, 15) is 9.90 Å². The maximum Gasteiger partial charge on any atom is 0.246 e. The van der Waals surface area contributed by atoms with Gasteiger partial charge in [0.05, 0.1) is 12.1 Å². The molecular weight excluding hydrogens is 134 g/mol. The van der Waals surface area contributed by atoms with Gasteiger partial charge in [0.2, 0.25) is 5.91 Å². The van der Waals surface area contributed by atoms with Crippen molar-refractivity contribution < 1.29 is 15.1 Å². The summed E-state index contributed by atoms with van der Waals surface area (Å²) >= 11 is 0. The summed E-state index contributed by atoms with van der Waals surface area (Å²) in [6.07, 6.45) is 0.659. The molecule has 1 unspecified atom stereocenters. The van der Waals surface area contributed by atoms with E-state index in [4.69, 9.17) is 5.21 Å². The van der Waals surface area contributed by atoms with Crippen LogP contribution in [-0.2, 0) is 4.79 Å². The number of hydrogen-bond donors (Lipinski definition) is 2. The van der Waals surface area contributed by atoms with Gasteiger partial charge in [-0.25, -0.2) is 5.06 Å². The molecule has 0 aromatic heterocycles. The fourth-order valence-electron chi connectivity index (χ4n) is 0.995. The fraction of sp³-hybridized carbons (Fsp3) is 0.833. The van der Waals surface area contributed by atoms with Crippen molar-refractivity contribution in [3.8, 4) is 0 Å². The lowest BCUT2D eigenvalue weighted by molar-refractivity contribution is -0.188. The number of hydroxylamine groups is 2. The van der Waals surface area contributed by atoms with Crippen molar-refractivity contribution >= 4 is 5.91 Å². The average molecular weight is 145 g/mol. The lowest BCUT2D eigenvalue weighted by Gasteiger charge is -2.32. The van der Waals surface area contributed by atoms with Crippen molar-refractivity contribution in [3.63, 3.8) is 0 Å². The summed E-state index contributed by atoms with van der Waals surface area (Å²) in [4.78, 5) is 10.6. The van der Waals surface area contributed by atoms with Crippen molar-refractivity contribution in [2.24, 2.45) is 0 Å². The molecule has 0 radical (unpaired) electrons. The fourth-order valence-corrected chi connectivity index (χ4v) is 0.995. The van der Waals surface area contributed by atoms with Crippen LogP contribution in [0.2, 0.25) is 0 Å². The van der Waals surface area contributed by atoms with Gasteiger partial charge in [-0.2, -0.15) is 0 Å². The minimum atomic E-state index is -0.914. The van der Waals surface area contributed by atoms with E-state index in [2.05, 4.69) is 0 Å². The van der Waals surface area contributed by atoms with Gasteiger partial charge in [0.15, 0.2) is 0 Å². The highest BCUT2D eigenvalue weighted by atomic mass is 16.5. The highest BCUT2D eigenvalue weighted by Gasteiger charge is 2.31. The third-order valence-electron chi connectivity index (χ3n) is 1.66. The number of carbonyl (C=O) groups is 1. The number of carbonyl (C=O) groups excluding carboxylic acids is 1. The van der Waals surface area contributed by atoms with Crippen LogP contribution in [0.15, 0.2) is 0 Å². The molecule has 1 fully saturated rings. The quantitative estimate of drug-likeness (QED) is 0.462. The van der Waals surface area contributed by atoms with Crippen LogP contribution in [-0.4, -0.2) is 33.4 Å². The minimum Gasteiger partial charge on any atom is -0.388 e. The Morgan fingerprint density at radius 3 is 2.70 bits per heavy atom. The predicted octanol–water partition coefficient (Wildman–Crippen LogP) is -0.251. The third kappa shape index (κ3) is 1.46. The monoisotopic (exact) mass is 145 g/mol. The number of nitrogens with zero attached hydrogens (tertiary/aromatic N) is 1. The van der Waals surface area contributed by atoms with E-state index < -0.39 is 5.60 Å². The van der Waals surface area contributed by atoms with Crippen LogP contribution in [0.25, 0.3) is 0 Å². The van der Waals surface area contributed by atoms with E-state index in [1.54, 1.807) is 6.92 Å². The first-order chi connectivity index (χ1) is 4.51. The maximum atomic E-state index is 10.6. The van der Waals surface area contributed by atoms with Gasteiger partial charge in [-0.3, -0.25) is 10.0 Å². The molecule has 1 amide bonds. The number of rotatable bonds is 0. The second-order valence-electron chi connectivity index (χ2n) is 2.95. The molecule has 4 nitrogen and oxygen atoms in total. The molecule has 0 aromatic carbocycles. The second kappa shape index (κ2) is 2.21. The molecule has 10 heavy (non-hydrogen) atoms. The zero-order valence-electron chi connectivity index (χ0n) is 5.87. The van der Waals surface area contributed by atoms with Crippen molar-refractivity contribution in [2.45, 2.75) is 25.4 Å². The molecule has 1 aliphatic rings. The maximum absolute atomic E-state index is 10.6. The molecule has 1 aliphatic heterocycles. The average Bonchev–Trinajstić information content (AvgIpc) is 1.79. The summed E-state index contributed by atoms with van der Waals surface area (Å²) in [7, 11) is 0. The summed E-state index contributed by atoms with van der Waals surface area (Å²) in [5.74, 6) is -0.313. The van der Waals surface area contributed by atoms with E-state index in [0.29, 0.717) is 11.5 Å². The van der Waals surface area contributed by atoms with Crippen molar-refractivity contribution in [1.29, 1.82) is 0 Å². The molecule has 0 aromatic rings. The molecule has 4 heteroatoms. The molecule has 0 spiro atoms. The van der Waals surface area contributed by atoms with Crippen LogP contribution < -0.4 is 0 Å². The summed E-state index contributed by atoms with van der Waals surface area (Å²) in [5, 5.41) is 18.7. The molecule has 1 saturated heterocycles. The molecule has 0 bridgehead atoms. The van der Waals surface area contributed by atoms with Gasteiger partial charge >= 0.3 is 0 Å². The SMILES string of the molecule is CC1(O)CCC(=O)N(O)C1. The van der Waals surface area contributed by atoms with Crippen molar-refractivity contribution in [2.75, 3.05) is 6.54 Å². The first-order valence-electron chi connectivity index (χ1n) is 3.23. The molecule has 0 saturated carbocycles. The van der Waals surface area contributed by atoms with E-state index in [1.807, 2.05) is 0 Å². The van der Waals surface area contributed by atoms with Gasteiger partial charge in [-0.15, -0.1) is 0 Å². The largest absolute Gasteiger partial charge is 0.388 e. The Morgan fingerprint density at radius 1 is 1.70 bits per heavy atom. The lowest BCUT2D eigenvalue weighted by Crippen LogP contribution is -2.47. The normalized spacial score (nSPS) is 34.7. The van der Waals surface area contributed by atoms with Gasteiger partial charge in [0.25, 0.3) is 0 Å². The number of piperidine rings is 1. The van der Waals surface area contributed by atoms with Gasteiger partial charge in [0.1, 0.15) is 0 Å². The molecule has 1 heterocycles. The summed E-state index contributed by atoms with van der Waals surface area (Å²) in [6, 6.07) is 0. The van der Waals surface area contributed by atoms with E-state index in [1.165, 1.54) is 0 Å². The topological polar surface area (TPSA) is 60.8 Å². The summed E-state index contributed by atoms with van der Waals surface area (Å²) in [6.45, 7) is 1.62. The van der Waals surface area contributed by atoms with Crippen LogP contribution >= 0.6 is 0 Å². The van der Waals surface area contributed by atoms with Crippen molar-refractivity contribution in [3.05, 3.63) is 0 Å². The van der Waals surface area contributed by atoms with E-state index in [0.717, 1.165) is 0 Å². The predicted molar refractivity (Wildman–Crippen MR) is 33.4 cm³/mol. The first kappa shape index (κ1) is 7.50. The van der Waals surface area contributed by atoms with Gasteiger partial charge in [0, 0.05) is 6.42 Å². The Labute approximate surface area is 59.0 Å². The zero-order chi connectivity index (χ0) is 7.78. The van der Waals surface area contributed by atoms with Gasteiger partial charge in [-0.05, 0) is 13.3 Å². The number of β-amino-alcohol motifs (C(OH)–C–C–N with tert-alkyl or cyclic N) is 1. The molecular formula is C6H11NO3. The standard InChI is InChI=1S/C6H11NO3/c1-6(9)3-2-5(8)7(10)4-6/h9-10H,2-4H2,1H3. The smallest absolute Gasteiger partial charge is 0.246 e. The summed E-state index contributed by atoms with van der Waals surface area (Å²) < 4.78 is 0. The highest BCUT2D eigenvalue weighted by molar-refractivity contribution is 5.75. The highest BCUT2D eigenvalue weighted by Crippen LogP contribution is 2.19. The summed E-state index contributed by atoms with van der Waals surface area (Å²) in [5.41, 5.74) is -0.914. The Kier molecular flexibility index (Phi) is 1.66. The Morgan fingerprint density at radius 2 is 2.30 bits per heavy atom. The molecule has 0 aliphatic carbocycles. The van der Waals surface area contributed by atoms with Gasteiger partial charge < -0.3 is 5.11 Å². The van der Waals surface area contributed by atoms with Crippen molar-refractivity contribution in [1.82, 2.24) is 5.06 Å². The Hall–Kier alpha value is -0.610. The minimum absolute atomic E-state index is 0.0197. The zero-order valence-corrected chi connectivity index (χ0v) is 5.87. The van der Waals surface area contributed by atoms with Gasteiger partial charge in [-0.1, -0.05) is 0 Å². The van der Waals surface area contributed by atoms with Crippen LogP contribution in [0.5, 0.6) is 0 Å². The Bertz CT molecular complexity index is 155.